The van der Waals surface area contributed by atoms with Gasteiger partial charge in [0.05, 0.1) is 0 Å². The molecular weight excluding hydrogens is 323 g/mol. The van der Waals surface area contributed by atoms with Crippen molar-refractivity contribution in [2.45, 2.75) is 65.0 Å². The maximum atomic E-state index is 13.0. The molecule has 1 aromatic carbocycles. The first-order valence-corrected chi connectivity index (χ1v) is 9.75. The zero-order valence-corrected chi connectivity index (χ0v) is 17.3. The number of hydrogen-bond acceptors (Lipinski definition) is 4. The van der Waals surface area contributed by atoms with E-state index in [2.05, 4.69) is 47.6 Å². The zero-order chi connectivity index (χ0) is 18.9. The fourth-order valence-corrected chi connectivity index (χ4v) is 4.39. The Kier molecular flexibility index (Phi) is 6.25. The monoisotopic (exact) mass is 354 g/mol. The summed E-state index contributed by atoms with van der Waals surface area (Å²) in [6, 6.07) is 6.01. The molecule has 0 fully saturated rings. The van der Waals surface area contributed by atoms with E-state index >= 15 is 0 Å². The van der Waals surface area contributed by atoms with Gasteiger partial charge in [0.1, 0.15) is 11.4 Å². The highest BCUT2D eigenvalue weighted by Gasteiger charge is 2.41. The molecule has 1 atom stereocenters. The van der Waals surface area contributed by atoms with Crippen LogP contribution >= 0.6 is 7.60 Å². The summed E-state index contributed by atoms with van der Waals surface area (Å²) in [7, 11) is -0.931. The number of benzene rings is 1. The van der Waals surface area contributed by atoms with Gasteiger partial charge >= 0.3 is 7.60 Å². The number of Topliss-reactive ketones (excluding diaryl/α,β-unsaturated/α-hetero) is 1. The van der Waals surface area contributed by atoms with E-state index in [1.165, 1.54) is 26.7 Å². The van der Waals surface area contributed by atoms with Gasteiger partial charge in [-0.3, -0.25) is 9.36 Å². The quantitative estimate of drug-likeness (QED) is 0.665. The molecule has 0 N–H and O–H groups in total. The van der Waals surface area contributed by atoms with Crippen LogP contribution in [0.4, 0.5) is 0 Å². The SMILES string of the molecule is COP(=O)(OC)C(C(C)=O)c1ccc(C(C)(C)C)cc1C(C)(C)C. The van der Waals surface area contributed by atoms with Crippen LogP contribution in [-0.2, 0) is 29.2 Å². The molecule has 0 aliphatic carbocycles. The Labute approximate surface area is 146 Å². The molecule has 24 heavy (non-hydrogen) atoms. The predicted molar refractivity (Wildman–Crippen MR) is 98.9 cm³/mol. The lowest BCUT2D eigenvalue weighted by molar-refractivity contribution is -0.117. The molecule has 1 rings (SSSR count). The molecule has 1 unspecified atom stereocenters. The van der Waals surface area contributed by atoms with E-state index < -0.39 is 13.3 Å². The van der Waals surface area contributed by atoms with E-state index in [1.54, 1.807) is 0 Å². The van der Waals surface area contributed by atoms with Crippen molar-refractivity contribution in [2.75, 3.05) is 14.2 Å². The van der Waals surface area contributed by atoms with Gasteiger partial charge in [0.25, 0.3) is 0 Å². The molecular formula is C19H31O4P. The van der Waals surface area contributed by atoms with E-state index in [0.717, 1.165) is 11.1 Å². The molecule has 0 bridgehead atoms. The summed E-state index contributed by atoms with van der Waals surface area (Å²) in [4.78, 5) is 12.3. The van der Waals surface area contributed by atoms with Crippen molar-refractivity contribution in [3.63, 3.8) is 0 Å². The molecule has 0 saturated heterocycles. The van der Waals surface area contributed by atoms with Crippen molar-refractivity contribution < 1.29 is 18.4 Å². The number of carbonyl (C=O) groups excluding carboxylic acids is 1. The summed E-state index contributed by atoms with van der Waals surface area (Å²) >= 11 is 0. The molecule has 0 aliphatic rings. The van der Waals surface area contributed by atoms with Crippen LogP contribution in [0.2, 0.25) is 0 Å². The topological polar surface area (TPSA) is 52.6 Å². The summed E-state index contributed by atoms with van der Waals surface area (Å²) in [5, 5.41) is 0. The minimum Gasteiger partial charge on any atom is -0.311 e. The smallest absolute Gasteiger partial charge is 0.311 e. The minimum absolute atomic E-state index is 0.0174. The summed E-state index contributed by atoms with van der Waals surface area (Å²) in [6.07, 6.45) is 0. The van der Waals surface area contributed by atoms with Crippen LogP contribution < -0.4 is 0 Å². The maximum Gasteiger partial charge on any atom is 0.344 e. The largest absolute Gasteiger partial charge is 0.344 e. The molecule has 0 saturated carbocycles. The van der Waals surface area contributed by atoms with E-state index in [4.69, 9.17) is 9.05 Å². The second-order valence-corrected chi connectivity index (χ2v) is 10.5. The molecule has 0 radical (unpaired) electrons. The lowest BCUT2D eigenvalue weighted by Gasteiger charge is -2.31. The normalized spacial score (nSPS) is 14.5. The van der Waals surface area contributed by atoms with Crippen LogP contribution in [0.25, 0.3) is 0 Å². The Balaban J connectivity index is 3.73. The van der Waals surface area contributed by atoms with Gasteiger partial charge in [-0.15, -0.1) is 0 Å². The van der Waals surface area contributed by atoms with Gasteiger partial charge < -0.3 is 9.05 Å². The highest BCUT2D eigenvalue weighted by molar-refractivity contribution is 7.55. The van der Waals surface area contributed by atoms with E-state index in [9.17, 15) is 9.36 Å². The minimum atomic E-state index is -3.57. The average Bonchev–Trinajstić information content (AvgIpc) is 2.44. The van der Waals surface area contributed by atoms with Crippen molar-refractivity contribution in [3.8, 4) is 0 Å². The first kappa shape index (κ1) is 21.1. The molecule has 0 aliphatic heterocycles. The van der Waals surface area contributed by atoms with Crippen LogP contribution in [0.15, 0.2) is 18.2 Å². The summed E-state index contributed by atoms with van der Waals surface area (Å²) < 4.78 is 23.3. The van der Waals surface area contributed by atoms with E-state index in [1.807, 2.05) is 12.1 Å². The molecule has 1 aromatic rings. The second-order valence-electron chi connectivity index (χ2n) is 8.22. The van der Waals surface area contributed by atoms with Gasteiger partial charge in [-0.1, -0.05) is 59.7 Å². The number of rotatable bonds is 5. The standard InChI is InChI=1S/C19H31O4P/c1-13(20)17(24(21,22-8)23-9)15-11-10-14(18(2,3)4)12-16(15)19(5,6)7/h10-12,17H,1-9H3. The van der Waals surface area contributed by atoms with Gasteiger partial charge in [0.2, 0.25) is 0 Å². The van der Waals surface area contributed by atoms with Gasteiger partial charge in [0, 0.05) is 14.2 Å². The van der Waals surface area contributed by atoms with Gasteiger partial charge in [-0.2, -0.15) is 0 Å². The Morgan fingerprint density at radius 1 is 1.00 bits per heavy atom. The average molecular weight is 354 g/mol. The van der Waals surface area contributed by atoms with Crippen LogP contribution in [0, 0.1) is 0 Å². The Morgan fingerprint density at radius 3 is 1.83 bits per heavy atom. The maximum absolute atomic E-state index is 13.0. The lowest BCUT2D eigenvalue weighted by atomic mass is 9.77. The predicted octanol–water partition coefficient (Wildman–Crippen LogP) is 5.40. The fraction of sp³-hybridized carbons (Fsp3) is 0.632. The van der Waals surface area contributed by atoms with Gasteiger partial charge in [-0.25, -0.2) is 0 Å². The third-order valence-corrected chi connectivity index (χ3v) is 6.52. The van der Waals surface area contributed by atoms with Crippen LogP contribution in [0.1, 0.15) is 70.8 Å². The van der Waals surface area contributed by atoms with Crippen LogP contribution in [-0.4, -0.2) is 20.0 Å². The van der Waals surface area contributed by atoms with Crippen LogP contribution in [0.5, 0.6) is 0 Å². The molecule has 0 amide bonds. The molecule has 4 nitrogen and oxygen atoms in total. The first-order chi connectivity index (χ1) is 10.8. The number of carbonyl (C=O) groups is 1. The number of hydrogen-bond donors (Lipinski definition) is 0. The Hall–Kier alpha value is -0.960. The summed E-state index contributed by atoms with van der Waals surface area (Å²) in [6.45, 7) is 14.1. The van der Waals surface area contributed by atoms with E-state index in [0.29, 0.717) is 0 Å². The Bertz CT molecular complexity index is 642. The van der Waals surface area contributed by atoms with Gasteiger partial charge in [-0.05, 0) is 34.4 Å². The summed E-state index contributed by atoms with van der Waals surface area (Å²) in [5.41, 5.74) is 1.73. The van der Waals surface area contributed by atoms with Gasteiger partial charge in [0.15, 0.2) is 0 Å². The van der Waals surface area contributed by atoms with Crippen LogP contribution in [0.3, 0.4) is 0 Å². The van der Waals surface area contributed by atoms with Crippen molar-refractivity contribution in [2.24, 2.45) is 0 Å². The van der Waals surface area contributed by atoms with Crippen molar-refractivity contribution in [1.82, 2.24) is 0 Å². The van der Waals surface area contributed by atoms with E-state index in [-0.39, 0.29) is 16.6 Å². The third-order valence-electron chi connectivity index (χ3n) is 4.23. The zero-order valence-electron chi connectivity index (χ0n) is 16.4. The molecule has 0 aromatic heterocycles. The molecule has 136 valence electrons. The molecule has 0 heterocycles. The molecule has 5 heteroatoms. The highest BCUT2D eigenvalue weighted by Crippen LogP contribution is 2.61. The summed E-state index contributed by atoms with van der Waals surface area (Å²) in [5.74, 6) is -0.226. The highest BCUT2D eigenvalue weighted by atomic mass is 31.2. The van der Waals surface area contributed by atoms with Crippen molar-refractivity contribution >= 4 is 13.4 Å². The Morgan fingerprint density at radius 2 is 1.50 bits per heavy atom. The van der Waals surface area contributed by atoms with Crippen molar-refractivity contribution in [1.29, 1.82) is 0 Å². The molecule has 0 spiro atoms. The third kappa shape index (κ3) is 4.36. The fourth-order valence-electron chi connectivity index (χ4n) is 2.81. The first-order valence-electron chi connectivity index (χ1n) is 8.14. The van der Waals surface area contributed by atoms with Crippen molar-refractivity contribution in [3.05, 3.63) is 34.9 Å². The lowest BCUT2D eigenvalue weighted by Crippen LogP contribution is -2.22. The second kappa shape index (κ2) is 7.11. The number of ketones is 1.